The van der Waals surface area contributed by atoms with Crippen LogP contribution in [0.3, 0.4) is 0 Å². The minimum atomic E-state index is 0.156. The zero-order valence-corrected chi connectivity index (χ0v) is 14.4. The van der Waals surface area contributed by atoms with Gasteiger partial charge in [0, 0.05) is 37.1 Å². The quantitative estimate of drug-likeness (QED) is 0.921. The Hall–Kier alpha value is -0.450. The lowest BCUT2D eigenvalue weighted by Crippen LogP contribution is -2.38. The second-order valence-electron chi connectivity index (χ2n) is 7.48. The maximum atomic E-state index is 4.77. The largest absolute Gasteiger partial charge is 0.306 e. The molecule has 1 N–H and O–H groups in total. The third-order valence-corrected chi connectivity index (χ3v) is 4.60. The second kappa shape index (κ2) is 6.54. The summed E-state index contributed by atoms with van der Waals surface area (Å²) in [6, 6.07) is 0. The Morgan fingerprint density at radius 1 is 1.30 bits per heavy atom. The lowest BCUT2D eigenvalue weighted by molar-refractivity contribution is 0.133. The lowest BCUT2D eigenvalue weighted by Gasteiger charge is -2.34. The van der Waals surface area contributed by atoms with Gasteiger partial charge in [0.05, 0.1) is 5.69 Å². The smallest absolute Gasteiger partial charge is 0.107 e. The Morgan fingerprint density at radius 2 is 1.95 bits per heavy atom. The molecule has 20 heavy (non-hydrogen) atoms. The molecule has 2 rings (SSSR count). The van der Waals surface area contributed by atoms with Crippen LogP contribution in [0.5, 0.6) is 0 Å². The van der Waals surface area contributed by atoms with E-state index in [2.05, 4.69) is 50.2 Å². The molecule has 0 radical (unpaired) electrons. The van der Waals surface area contributed by atoms with Crippen LogP contribution >= 0.6 is 11.3 Å². The van der Waals surface area contributed by atoms with E-state index in [1.54, 1.807) is 11.3 Å². The minimum absolute atomic E-state index is 0.156. The average Bonchev–Trinajstić information content (AvgIpc) is 2.72. The SMILES string of the molecule is CC1CC(C)CN(Cc2csc(CNC(C)(C)C)n2)C1. The number of piperidine rings is 1. The maximum Gasteiger partial charge on any atom is 0.107 e. The highest BCUT2D eigenvalue weighted by atomic mass is 32.1. The van der Waals surface area contributed by atoms with Gasteiger partial charge in [0.15, 0.2) is 0 Å². The number of hydrogen-bond acceptors (Lipinski definition) is 4. The zero-order chi connectivity index (χ0) is 14.8. The molecule has 1 aliphatic rings. The molecule has 4 heteroatoms. The van der Waals surface area contributed by atoms with Gasteiger partial charge in [-0.05, 0) is 39.0 Å². The molecule has 1 aromatic rings. The van der Waals surface area contributed by atoms with E-state index >= 15 is 0 Å². The maximum absolute atomic E-state index is 4.77. The van der Waals surface area contributed by atoms with Crippen LogP contribution in [0.4, 0.5) is 0 Å². The number of likely N-dealkylation sites (tertiary alicyclic amines) is 1. The second-order valence-corrected chi connectivity index (χ2v) is 8.42. The van der Waals surface area contributed by atoms with Crippen LogP contribution in [0.1, 0.15) is 51.7 Å². The highest BCUT2D eigenvalue weighted by Gasteiger charge is 2.22. The molecule has 0 aromatic carbocycles. The molecule has 1 aliphatic heterocycles. The molecule has 2 heterocycles. The van der Waals surface area contributed by atoms with Crippen LogP contribution in [0.15, 0.2) is 5.38 Å². The van der Waals surface area contributed by atoms with E-state index in [4.69, 9.17) is 4.98 Å². The van der Waals surface area contributed by atoms with Gasteiger partial charge in [-0.1, -0.05) is 13.8 Å². The Morgan fingerprint density at radius 3 is 2.55 bits per heavy atom. The van der Waals surface area contributed by atoms with Gasteiger partial charge in [0.1, 0.15) is 5.01 Å². The topological polar surface area (TPSA) is 28.2 Å². The van der Waals surface area contributed by atoms with Gasteiger partial charge in [-0.2, -0.15) is 0 Å². The molecule has 1 aromatic heterocycles. The van der Waals surface area contributed by atoms with Gasteiger partial charge in [0.2, 0.25) is 0 Å². The Balaban J connectivity index is 1.86. The number of rotatable bonds is 4. The van der Waals surface area contributed by atoms with E-state index in [9.17, 15) is 0 Å². The summed E-state index contributed by atoms with van der Waals surface area (Å²) in [6.07, 6.45) is 1.37. The van der Waals surface area contributed by atoms with E-state index in [1.807, 2.05) is 0 Å². The molecule has 2 unspecified atom stereocenters. The average molecular weight is 295 g/mol. The van der Waals surface area contributed by atoms with Gasteiger partial charge in [-0.15, -0.1) is 11.3 Å². The van der Waals surface area contributed by atoms with Crippen molar-refractivity contribution < 1.29 is 0 Å². The van der Waals surface area contributed by atoms with Crippen molar-refractivity contribution in [1.29, 1.82) is 0 Å². The molecule has 1 fully saturated rings. The summed E-state index contributed by atoms with van der Waals surface area (Å²) < 4.78 is 0. The predicted molar refractivity (Wildman–Crippen MR) is 86.9 cm³/mol. The first kappa shape index (κ1) is 15.9. The monoisotopic (exact) mass is 295 g/mol. The molecular weight excluding hydrogens is 266 g/mol. The van der Waals surface area contributed by atoms with Crippen molar-refractivity contribution in [2.75, 3.05) is 13.1 Å². The van der Waals surface area contributed by atoms with Crippen LogP contribution < -0.4 is 5.32 Å². The summed E-state index contributed by atoms with van der Waals surface area (Å²) in [5.41, 5.74) is 1.39. The van der Waals surface area contributed by atoms with Crippen LogP contribution in [0, 0.1) is 11.8 Å². The molecular formula is C16H29N3S. The summed E-state index contributed by atoms with van der Waals surface area (Å²) in [5, 5.41) is 6.93. The number of nitrogens with one attached hydrogen (secondary N) is 1. The number of aromatic nitrogens is 1. The lowest BCUT2D eigenvalue weighted by atomic mass is 9.92. The zero-order valence-electron chi connectivity index (χ0n) is 13.6. The van der Waals surface area contributed by atoms with Crippen molar-refractivity contribution in [2.45, 2.75) is 59.7 Å². The predicted octanol–water partition coefficient (Wildman–Crippen LogP) is 3.51. The van der Waals surface area contributed by atoms with Crippen molar-refractivity contribution in [3.63, 3.8) is 0 Å². The molecule has 114 valence electrons. The van der Waals surface area contributed by atoms with Crippen molar-refractivity contribution in [3.05, 3.63) is 16.1 Å². The number of thiazole rings is 1. The number of hydrogen-bond donors (Lipinski definition) is 1. The highest BCUT2D eigenvalue weighted by molar-refractivity contribution is 7.09. The molecule has 2 atom stereocenters. The Labute approximate surface area is 127 Å². The van der Waals surface area contributed by atoms with Gasteiger partial charge in [-0.3, -0.25) is 4.90 Å². The minimum Gasteiger partial charge on any atom is -0.306 e. The van der Waals surface area contributed by atoms with E-state index < -0.39 is 0 Å². The molecule has 0 aliphatic carbocycles. The molecule has 3 nitrogen and oxygen atoms in total. The van der Waals surface area contributed by atoms with E-state index in [0.29, 0.717) is 0 Å². The third-order valence-electron chi connectivity index (χ3n) is 3.70. The van der Waals surface area contributed by atoms with E-state index in [0.717, 1.165) is 24.9 Å². The van der Waals surface area contributed by atoms with Crippen molar-refractivity contribution in [3.8, 4) is 0 Å². The first-order chi connectivity index (χ1) is 9.32. The summed E-state index contributed by atoms with van der Waals surface area (Å²) in [6.45, 7) is 15.6. The van der Waals surface area contributed by atoms with Crippen molar-refractivity contribution >= 4 is 11.3 Å². The first-order valence-corrected chi connectivity index (χ1v) is 8.60. The summed E-state index contributed by atoms with van der Waals surface area (Å²) in [4.78, 5) is 7.34. The van der Waals surface area contributed by atoms with Crippen LogP contribution in [0.2, 0.25) is 0 Å². The molecule has 0 spiro atoms. The van der Waals surface area contributed by atoms with E-state index in [-0.39, 0.29) is 5.54 Å². The fourth-order valence-electron chi connectivity index (χ4n) is 2.99. The van der Waals surface area contributed by atoms with Gasteiger partial charge < -0.3 is 5.32 Å². The summed E-state index contributed by atoms with van der Waals surface area (Å²) >= 11 is 1.78. The standard InChI is InChI=1S/C16H29N3S/c1-12-6-13(2)9-19(8-12)10-14-11-20-15(18-14)7-17-16(3,4)5/h11-13,17H,6-10H2,1-5H3. The van der Waals surface area contributed by atoms with Crippen LogP contribution in [0.25, 0.3) is 0 Å². The third kappa shape index (κ3) is 5.15. The van der Waals surface area contributed by atoms with Gasteiger partial charge in [-0.25, -0.2) is 4.98 Å². The molecule has 0 bridgehead atoms. The van der Waals surface area contributed by atoms with Gasteiger partial charge in [0.25, 0.3) is 0 Å². The molecule has 0 amide bonds. The number of nitrogens with zero attached hydrogens (tertiary/aromatic N) is 2. The molecule has 1 saturated heterocycles. The van der Waals surface area contributed by atoms with Crippen molar-refractivity contribution in [1.82, 2.24) is 15.2 Å². The van der Waals surface area contributed by atoms with Crippen molar-refractivity contribution in [2.24, 2.45) is 11.8 Å². The van der Waals surface area contributed by atoms with Gasteiger partial charge >= 0.3 is 0 Å². The summed E-state index contributed by atoms with van der Waals surface area (Å²) in [5.74, 6) is 1.64. The summed E-state index contributed by atoms with van der Waals surface area (Å²) in [7, 11) is 0. The highest BCUT2D eigenvalue weighted by Crippen LogP contribution is 2.23. The van der Waals surface area contributed by atoms with E-state index in [1.165, 1.54) is 30.2 Å². The molecule has 0 saturated carbocycles. The Kier molecular flexibility index (Phi) is 5.21. The fraction of sp³-hybridized carbons (Fsp3) is 0.812. The fourth-order valence-corrected chi connectivity index (χ4v) is 3.72. The van der Waals surface area contributed by atoms with Crippen LogP contribution in [-0.2, 0) is 13.1 Å². The normalized spacial score (nSPS) is 25.1. The first-order valence-electron chi connectivity index (χ1n) is 7.72. The van der Waals surface area contributed by atoms with Crippen LogP contribution in [-0.4, -0.2) is 28.5 Å². The Bertz CT molecular complexity index is 412.